The third kappa shape index (κ3) is 7.80. The average molecular weight is 461 g/mol. The molecule has 0 aliphatic heterocycles. The van der Waals surface area contributed by atoms with Crippen LogP contribution in [-0.4, -0.2) is 30.3 Å². The number of pyridine rings is 1. The van der Waals surface area contributed by atoms with Gasteiger partial charge in [-0.3, -0.25) is 9.78 Å². The highest BCUT2D eigenvalue weighted by Crippen LogP contribution is 2.36. The summed E-state index contributed by atoms with van der Waals surface area (Å²) in [6, 6.07) is 19.3. The number of ether oxygens (including phenoxy) is 1. The summed E-state index contributed by atoms with van der Waals surface area (Å²) in [5.74, 6) is 0.835. The van der Waals surface area contributed by atoms with Crippen LogP contribution in [0.4, 0.5) is 5.69 Å². The van der Waals surface area contributed by atoms with Crippen LogP contribution in [0.25, 0.3) is 6.08 Å². The quantitative estimate of drug-likeness (QED) is 0.141. The van der Waals surface area contributed by atoms with E-state index in [9.17, 15) is 4.79 Å². The summed E-state index contributed by atoms with van der Waals surface area (Å²) in [6.45, 7) is 1.32. The Labute approximate surface area is 198 Å². The monoisotopic (exact) mass is 460 g/mol. The highest BCUT2D eigenvalue weighted by molar-refractivity contribution is 7.99. The van der Waals surface area contributed by atoms with Crippen molar-refractivity contribution < 1.29 is 9.53 Å². The van der Waals surface area contributed by atoms with Crippen molar-refractivity contribution in [3.63, 3.8) is 0 Å². The van der Waals surface area contributed by atoms with Crippen molar-refractivity contribution in [3.05, 3.63) is 84.2 Å². The standard InChI is InChI=1S/C26H28N4O2S/c27-23(14-11-20-8-4-6-16-30-20)22-13-12-21(18-24(22)28)33-26-10-3-2-9-25(26)32-17-7-1-5-15-29-19-31/h2-4,6,8-14,16,18-19,27H,1,5,7,15,17,28H2,(H,29,31)/b14-11+,27-23?. The minimum absolute atomic E-state index is 0.335. The SMILES string of the molecule is N=C(/C=C/c1ccccn1)c1ccc(Sc2ccccc2OCCCCCNC=O)cc1N. The zero-order chi connectivity index (χ0) is 23.3. The fourth-order valence-corrected chi connectivity index (χ4v) is 4.06. The van der Waals surface area contributed by atoms with Crippen LogP contribution >= 0.6 is 11.8 Å². The minimum atomic E-state index is 0.335. The van der Waals surface area contributed by atoms with Crippen molar-refractivity contribution >= 4 is 35.6 Å². The number of aromatic nitrogens is 1. The molecule has 4 N–H and O–H groups in total. The molecule has 2 aromatic carbocycles. The number of carbonyl (C=O) groups excluding carboxylic acids is 1. The molecule has 1 aromatic heterocycles. The molecule has 1 amide bonds. The van der Waals surface area contributed by atoms with Crippen LogP contribution in [-0.2, 0) is 4.79 Å². The normalized spacial score (nSPS) is 10.8. The molecule has 33 heavy (non-hydrogen) atoms. The van der Waals surface area contributed by atoms with E-state index in [0.717, 1.165) is 46.9 Å². The topological polar surface area (TPSA) is 101 Å². The van der Waals surface area contributed by atoms with Crippen LogP contribution in [0, 0.1) is 5.41 Å². The van der Waals surface area contributed by atoms with Gasteiger partial charge in [-0.25, -0.2) is 0 Å². The largest absolute Gasteiger partial charge is 0.492 e. The van der Waals surface area contributed by atoms with Crippen molar-refractivity contribution in [1.82, 2.24) is 10.3 Å². The smallest absolute Gasteiger partial charge is 0.207 e. The number of nitrogens with zero attached hydrogens (tertiary/aromatic N) is 1. The first-order chi connectivity index (χ1) is 16.2. The maximum atomic E-state index is 10.3. The predicted octanol–water partition coefficient (Wildman–Crippen LogP) is 5.19. The van der Waals surface area contributed by atoms with E-state index in [2.05, 4.69) is 10.3 Å². The number of hydrogen-bond acceptors (Lipinski definition) is 6. The maximum Gasteiger partial charge on any atom is 0.207 e. The van der Waals surface area contributed by atoms with E-state index in [1.54, 1.807) is 30.1 Å². The van der Waals surface area contributed by atoms with E-state index < -0.39 is 0 Å². The summed E-state index contributed by atoms with van der Waals surface area (Å²) in [6.07, 6.45) is 8.82. The summed E-state index contributed by atoms with van der Waals surface area (Å²) in [5.41, 5.74) is 8.63. The highest BCUT2D eigenvalue weighted by Gasteiger charge is 2.09. The molecule has 3 rings (SSSR count). The summed E-state index contributed by atoms with van der Waals surface area (Å²) in [7, 11) is 0. The van der Waals surface area contributed by atoms with Gasteiger partial charge in [0.1, 0.15) is 5.75 Å². The van der Waals surface area contributed by atoms with Crippen molar-refractivity contribution in [3.8, 4) is 5.75 Å². The molecule has 7 heteroatoms. The Kier molecular flexibility index (Phi) is 9.54. The van der Waals surface area contributed by atoms with Gasteiger partial charge in [0, 0.05) is 28.9 Å². The number of nitrogens with two attached hydrogens (primary N) is 1. The van der Waals surface area contributed by atoms with E-state index >= 15 is 0 Å². The lowest BCUT2D eigenvalue weighted by molar-refractivity contribution is -0.109. The van der Waals surface area contributed by atoms with Crippen molar-refractivity contribution in [2.45, 2.75) is 29.1 Å². The van der Waals surface area contributed by atoms with E-state index in [-0.39, 0.29) is 0 Å². The zero-order valence-corrected chi connectivity index (χ0v) is 19.2. The number of rotatable bonds is 13. The van der Waals surface area contributed by atoms with Crippen LogP contribution in [0.1, 0.15) is 30.5 Å². The lowest BCUT2D eigenvalue weighted by Crippen LogP contribution is -2.12. The highest BCUT2D eigenvalue weighted by atomic mass is 32.2. The van der Waals surface area contributed by atoms with Crippen molar-refractivity contribution in [2.24, 2.45) is 0 Å². The molecule has 0 saturated heterocycles. The minimum Gasteiger partial charge on any atom is -0.492 e. The number of nitrogen functional groups attached to an aromatic ring is 1. The van der Waals surface area contributed by atoms with Gasteiger partial charge < -0.3 is 21.2 Å². The Hall–Kier alpha value is -3.58. The second-order valence-electron chi connectivity index (χ2n) is 7.28. The molecule has 0 aliphatic rings. The molecule has 0 unspecified atom stereocenters. The van der Waals surface area contributed by atoms with Gasteiger partial charge in [0.25, 0.3) is 0 Å². The molecule has 0 spiro atoms. The van der Waals surface area contributed by atoms with Crippen molar-refractivity contribution in [1.29, 1.82) is 5.41 Å². The fourth-order valence-electron chi connectivity index (χ4n) is 3.11. The summed E-state index contributed by atoms with van der Waals surface area (Å²) < 4.78 is 5.99. The Morgan fingerprint density at radius 2 is 1.94 bits per heavy atom. The zero-order valence-electron chi connectivity index (χ0n) is 18.4. The first-order valence-corrected chi connectivity index (χ1v) is 11.6. The van der Waals surface area contributed by atoms with E-state index in [1.165, 1.54) is 0 Å². The molecule has 0 radical (unpaired) electrons. The number of allylic oxidation sites excluding steroid dienone is 1. The first-order valence-electron chi connectivity index (χ1n) is 10.8. The third-order valence-electron chi connectivity index (χ3n) is 4.81. The second kappa shape index (κ2) is 13.1. The molecule has 3 aromatic rings. The molecule has 170 valence electrons. The predicted molar refractivity (Wildman–Crippen MR) is 135 cm³/mol. The van der Waals surface area contributed by atoms with Crippen molar-refractivity contribution in [2.75, 3.05) is 18.9 Å². The second-order valence-corrected chi connectivity index (χ2v) is 8.40. The van der Waals surface area contributed by atoms with Crippen LogP contribution in [0.15, 0.2) is 82.7 Å². The molecule has 0 atom stereocenters. The van der Waals surface area contributed by atoms with Gasteiger partial charge in [-0.2, -0.15) is 0 Å². The fraction of sp³-hybridized carbons (Fsp3) is 0.192. The van der Waals surface area contributed by atoms with Gasteiger partial charge in [-0.15, -0.1) is 0 Å². The van der Waals surface area contributed by atoms with Gasteiger partial charge in [0.2, 0.25) is 6.41 Å². The molecule has 6 nitrogen and oxygen atoms in total. The number of anilines is 1. The lowest BCUT2D eigenvalue weighted by Gasteiger charge is -2.12. The number of para-hydroxylation sites is 1. The van der Waals surface area contributed by atoms with E-state index in [0.29, 0.717) is 30.1 Å². The first kappa shape index (κ1) is 24.1. The molecule has 0 saturated carbocycles. The molecular formula is C26H28N4O2S. The van der Waals surface area contributed by atoms with E-state index in [1.807, 2.05) is 60.7 Å². The van der Waals surface area contributed by atoms with Crippen LogP contribution in [0.5, 0.6) is 5.75 Å². The Balaban J connectivity index is 1.59. The summed E-state index contributed by atoms with van der Waals surface area (Å²) >= 11 is 1.58. The average Bonchev–Trinajstić information content (AvgIpc) is 2.84. The third-order valence-corrected chi connectivity index (χ3v) is 5.85. The molecule has 0 bridgehead atoms. The summed E-state index contributed by atoms with van der Waals surface area (Å²) in [4.78, 5) is 16.5. The van der Waals surface area contributed by atoms with Crippen LogP contribution < -0.4 is 15.8 Å². The molecule has 0 aliphatic carbocycles. The molecular weight excluding hydrogens is 432 g/mol. The van der Waals surface area contributed by atoms with Crippen LogP contribution in [0.3, 0.4) is 0 Å². The van der Waals surface area contributed by atoms with E-state index in [4.69, 9.17) is 15.9 Å². The van der Waals surface area contributed by atoms with Gasteiger partial charge in [-0.1, -0.05) is 30.0 Å². The molecule has 1 heterocycles. The number of hydrogen-bond donors (Lipinski definition) is 3. The number of nitrogens with one attached hydrogen (secondary N) is 2. The summed E-state index contributed by atoms with van der Waals surface area (Å²) in [5, 5.41) is 11.0. The maximum absolute atomic E-state index is 10.3. The number of unbranched alkanes of at least 4 members (excludes halogenated alkanes) is 2. The van der Waals surface area contributed by atoms with Gasteiger partial charge in [0.05, 0.1) is 22.9 Å². The van der Waals surface area contributed by atoms with Gasteiger partial charge in [-0.05, 0) is 73.9 Å². The van der Waals surface area contributed by atoms with Gasteiger partial charge >= 0.3 is 0 Å². The lowest BCUT2D eigenvalue weighted by atomic mass is 10.1. The number of carbonyl (C=O) groups is 1. The Morgan fingerprint density at radius 3 is 2.73 bits per heavy atom. The Morgan fingerprint density at radius 1 is 1.09 bits per heavy atom. The number of amides is 1. The van der Waals surface area contributed by atoms with Gasteiger partial charge in [0.15, 0.2) is 0 Å². The Bertz CT molecular complexity index is 1090. The van der Waals surface area contributed by atoms with Crippen LogP contribution in [0.2, 0.25) is 0 Å². The molecule has 0 fully saturated rings. The number of benzene rings is 2.